The normalized spacial score (nSPS) is 15.7. The maximum absolute atomic E-state index is 12.5. The van der Waals surface area contributed by atoms with E-state index >= 15 is 0 Å². The van der Waals surface area contributed by atoms with Crippen LogP contribution in [0.5, 0.6) is 0 Å². The fourth-order valence-corrected chi connectivity index (χ4v) is 2.78. The molecule has 1 fully saturated rings. The molecule has 1 saturated heterocycles. The van der Waals surface area contributed by atoms with E-state index in [1.54, 1.807) is 18.5 Å². The van der Waals surface area contributed by atoms with E-state index < -0.39 is 0 Å². The molecule has 2 aromatic heterocycles. The van der Waals surface area contributed by atoms with Gasteiger partial charge in [0.25, 0.3) is 11.8 Å². The van der Waals surface area contributed by atoms with Gasteiger partial charge in [-0.05, 0) is 18.6 Å². The van der Waals surface area contributed by atoms with E-state index in [-0.39, 0.29) is 11.8 Å². The summed E-state index contributed by atoms with van der Waals surface area (Å²) in [5.41, 5.74) is 1.37. The topological polar surface area (TPSA) is 61.3 Å². The number of hydrogen-bond donors (Lipinski definition) is 1. The lowest BCUT2D eigenvalue weighted by atomic mass is 10.3. The van der Waals surface area contributed by atoms with Crippen molar-refractivity contribution < 1.29 is 9.59 Å². The summed E-state index contributed by atoms with van der Waals surface area (Å²) in [5, 5.41) is 0. The molecule has 1 N–H and O–H groups in total. The Morgan fingerprint density at radius 3 is 2.23 bits per heavy atom. The molecule has 0 radical (unpaired) electrons. The Morgan fingerprint density at radius 1 is 1.00 bits per heavy atom. The molecule has 116 valence electrons. The number of carbonyl (C=O) groups is 2. The van der Waals surface area contributed by atoms with Crippen molar-refractivity contribution in [1.29, 1.82) is 0 Å². The van der Waals surface area contributed by atoms with E-state index in [0.29, 0.717) is 37.3 Å². The van der Waals surface area contributed by atoms with E-state index in [2.05, 4.69) is 4.98 Å². The molecule has 0 saturated carbocycles. The van der Waals surface area contributed by atoms with Crippen molar-refractivity contribution in [3.63, 3.8) is 0 Å². The molecule has 0 unspecified atom stereocenters. The number of amides is 2. The zero-order valence-corrected chi connectivity index (χ0v) is 12.7. The van der Waals surface area contributed by atoms with Gasteiger partial charge < -0.3 is 19.4 Å². The molecule has 0 spiro atoms. The Bertz CT molecular complexity index is 660. The highest BCUT2D eigenvalue weighted by Gasteiger charge is 2.23. The highest BCUT2D eigenvalue weighted by molar-refractivity contribution is 5.95. The third-order valence-corrected chi connectivity index (χ3v) is 3.99. The maximum Gasteiger partial charge on any atom is 0.255 e. The maximum atomic E-state index is 12.5. The summed E-state index contributed by atoms with van der Waals surface area (Å²) in [6, 6.07) is 3.61. The fraction of sp³-hybridized carbons (Fsp3) is 0.375. The Morgan fingerprint density at radius 2 is 1.68 bits per heavy atom. The lowest BCUT2D eigenvalue weighted by Crippen LogP contribution is -2.37. The number of nitrogens with zero attached hydrogens (tertiary/aromatic N) is 3. The number of aromatic amines is 1. The first-order valence-corrected chi connectivity index (χ1v) is 7.48. The van der Waals surface area contributed by atoms with E-state index in [1.165, 1.54) is 0 Å². The van der Waals surface area contributed by atoms with Gasteiger partial charge in [-0.25, -0.2) is 0 Å². The zero-order chi connectivity index (χ0) is 15.5. The molecule has 2 amide bonds. The van der Waals surface area contributed by atoms with Crippen molar-refractivity contribution >= 4 is 11.8 Å². The van der Waals surface area contributed by atoms with E-state index in [4.69, 9.17) is 0 Å². The minimum Gasteiger partial charge on any atom is -0.367 e. The largest absolute Gasteiger partial charge is 0.367 e. The van der Waals surface area contributed by atoms with Gasteiger partial charge in [0.05, 0.1) is 11.1 Å². The lowest BCUT2D eigenvalue weighted by Gasteiger charge is -2.21. The average molecular weight is 300 g/mol. The average Bonchev–Trinajstić information content (AvgIpc) is 3.13. The number of rotatable bonds is 2. The molecule has 1 aliphatic heterocycles. The smallest absolute Gasteiger partial charge is 0.255 e. The number of aryl methyl sites for hydroxylation is 1. The second-order valence-electron chi connectivity index (χ2n) is 5.60. The molecule has 0 aliphatic carbocycles. The van der Waals surface area contributed by atoms with Gasteiger partial charge in [0.1, 0.15) is 0 Å². The minimum absolute atomic E-state index is 0.0234. The summed E-state index contributed by atoms with van der Waals surface area (Å²) in [6.07, 6.45) is 7.95. The minimum atomic E-state index is 0.0234. The number of H-pyrrole nitrogens is 1. The summed E-state index contributed by atoms with van der Waals surface area (Å²) < 4.78 is 1.87. The highest BCUT2D eigenvalue weighted by Crippen LogP contribution is 2.12. The van der Waals surface area contributed by atoms with Crippen LogP contribution >= 0.6 is 0 Å². The molecule has 0 bridgehead atoms. The first-order valence-electron chi connectivity index (χ1n) is 7.48. The van der Waals surface area contributed by atoms with Gasteiger partial charge >= 0.3 is 0 Å². The molecule has 22 heavy (non-hydrogen) atoms. The number of nitrogens with one attached hydrogen (secondary N) is 1. The number of carbonyl (C=O) groups excluding carboxylic acids is 2. The van der Waals surface area contributed by atoms with Crippen LogP contribution in [0.2, 0.25) is 0 Å². The van der Waals surface area contributed by atoms with Crippen molar-refractivity contribution in [2.24, 2.45) is 7.05 Å². The first kappa shape index (κ1) is 14.4. The predicted octanol–water partition coefficient (Wildman–Crippen LogP) is 1.34. The van der Waals surface area contributed by atoms with Crippen LogP contribution in [0, 0.1) is 0 Å². The van der Waals surface area contributed by atoms with E-state index in [1.807, 2.05) is 39.9 Å². The fourth-order valence-electron chi connectivity index (χ4n) is 2.78. The van der Waals surface area contributed by atoms with Crippen LogP contribution < -0.4 is 0 Å². The molecule has 3 rings (SSSR count). The molecule has 6 heteroatoms. The summed E-state index contributed by atoms with van der Waals surface area (Å²) in [7, 11) is 1.90. The first-order chi connectivity index (χ1) is 10.6. The molecule has 0 atom stereocenters. The van der Waals surface area contributed by atoms with Crippen molar-refractivity contribution in [3.8, 4) is 0 Å². The van der Waals surface area contributed by atoms with Gasteiger partial charge in [0.2, 0.25) is 0 Å². The summed E-state index contributed by atoms with van der Waals surface area (Å²) in [6.45, 7) is 2.51. The SMILES string of the molecule is Cn1ccc(C(=O)N2CCCN(C(=O)c3cc[nH]c3)CC2)c1. The van der Waals surface area contributed by atoms with Crippen LogP contribution in [0.4, 0.5) is 0 Å². The van der Waals surface area contributed by atoms with Crippen LogP contribution in [0.1, 0.15) is 27.1 Å². The Labute approximate surface area is 129 Å². The van der Waals surface area contributed by atoms with Gasteiger partial charge in [0, 0.05) is 58.0 Å². The van der Waals surface area contributed by atoms with Crippen LogP contribution in [-0.2, 0) is 7.05 Å². The van der Waals surface area contributed by atoms with Gasteiger partial charge in [-0.1, -0.05) is 0 Å². The van der Waals surface area contributed by atoms with Crippen LogP contribution in [-0.4, -0.2) is 57.3 Å². The van der Waals surface area contributed by atoms with Gasteiger partial charge in [-0.3, -0.25) is 9.59 Å². The standard InChI is InChI=1S/C16H20N4O2/c1-18-8-4-14(12-18)16(22)20-7-2-6-19(9-10-20)15(21)13-3-5-17-11-13/h3-5,8,11-12,17H,2,6-7,9-10H2,1H3. The molecular weight excluding hydrogens is 280 g/mol. The van der Waals surface area contributed by atoms with E-state index in [9.17, 15) is 9.59 Å². The molecular formula is C16H20N4O2. The van der Waals surface area contributed by atoms with Gasteiger partial charge in [0.15, 0.2) is 0 Å². The molecule has 0 aromatic carbocycles. The van der Waals surface area contributed by atoms with E-state index in [0.717, 1.165) is 6.42 Å². The second-order valence-corrected chi connectivity index (χ2v) is 5.60. The molecule has 1 aliphatic rings. The summed E-state index contributed by atoms with van der Waals surface area (Å²) in [4.78, 5) is 31.4. The van der Waals surface area contributed by atoms with Crippen molar-refractivity contribution in [1.82, 2.24) is 19.4 Å². The lowest BCUT2D eigenvalue weighted by molar-refractivity contribution is 0.0719. The highest BCUT2D eigenvalue weighted by atomic mass is 16.2. The summed E-state index contributed by atoms with van der Waals surface area (Å²) in [5.74, 6) is 0.0619. The Kier molecular flexibility index (Phi) is 4.00. The van der Waals surface area contributed by atoms with Gasteiger partial charge in [-0.15, -0.1) is 0 Å². The third-order valence-electron chi connectivity index (χ3n) is 3.99. The Balaban J connectivity index is 1.65. The van der Waals surface area contributed by atoms with Gasteiger partial charge in [-0.2, -0.15) is 0 Å². The van der Waals surface area contributed by atoms with Crippen molar-refractivity contribution in [2.75, 3.05) is 26.2 Å². The second kappa shape index (κ2) is 6.09. The summed E-state index contributed by atoms with van der Waals surface area (Å²) >= 11 is 0. The molecule has 2 aromatic rings. The Hall–Kier alpha value is -2.50. The van der Waals surface area contributed by atoms with Crippen molar-refractivity contribution in [2.45, 2.75) is 6.42 Å². The third kappa shape index (κ3) is 2.90. The van der Waals surface area contributed by atoms with Crippen LogP contribution in [0.3, 0.4) is 0 Å². The zero-order valence-electron chi connectivity index (χ0n) is 12.7. The number of hydrogen-bond acceptors (Lipinski definition) is 2. The molecule has 3 heterocycles. The quantitative estimate of drug-likeness (QED) is 0.910. The van der Waals surface area contributed by atoms with Crippen LogP contribution in [0.15, 0.2) is 36.9 Å². The van der Waals surface area contributed by atoms with Crippen molar-refractivity contribution in [3.05, 3.63) is 48.0 Å². The predicted molar refractivity (Wildman–Crippen MR) is 82.6 cm³/mol. The number of aromatic nitrogens is 2. The molecule has 6 nitrogen and oxygen atoms in total. The monoisotopic (exact) mass is 300 g/mol. The van der Waals surface area contributed by atoms with Crippen LogP contribution in [0.25, 0.3) is 0 Å².